The van der Waals surface area contributed by atoms with Gasteiger partial charge in [-0.3, -0.25) is 14.6 Å². The van der Waals surface area contributed by atoms with Gasteiger partial charge in [-0.1, -0.05) is 12.1 Å². The van der Waals surface area contributed by atoms with Gasteiger partial charge in [0.1, 0.15) is 5.82 Å². The molecule has 2 fully saturated rings. The lowest BCUT2D eigenvalue weighted by Gasteiger charge is -2.36. The predicted molar refractivity (Wildman–Crippen MR) is 117 cm³/mol. The first-order valence-electron chi connectivity index (χ1n) is 11.0. The Balaban J connectivity index is 1.28. The van der Waals surface area contributed by atoms with E-state index in [9.17, 15) is 14.0 Å². The van der Waals surface area contributed by atoms with E-state index in [0.717, 1.165) is 45.3 Å². The van der Waals surface area contributed by atoms with Crippen molar-refractivity contribution in [2.24, 2.45) is 5.92 Å². The fraction of sp³-hybridized carbons (Fsp3) is 0.458. The Hall–Kier alpha value is -2.80. The Labute approximate surface area is 182 Å². The van der Waals surface area contributed by atoms with Crippen molar-refractivity contribution < 1.29 is 14.0 Å². The van der Waals surface area contributed by atoms with Crippen molar-refractivity contribution in [2.45, 2.75) is 44.7 Å². The smallest absolute Gasteiger partial charge is 0.253 e. The van der Waals surface area contributed by atoms with E-state index >= 15 is 0 Å². The summed E-state index contributed by atoms with van der Waals surface area (Å²) >= 11 is 0. The molecular formula is C24H29FN4O2. The van der Waals surface area contributed by atoms with Crippen molar-refractivity contribution in [1.82, 2.24) is 20.5 Å². The number of halogens is 1. The first kappa shape index (κ1) is 21.4. The molecule has 4 rings (SSSR count). The van der Waals surface area contributed by atoms with E-state index in [0.29, 0.717) is 22.9 Å². The third-order valence-electron chi connectivity index (χ3n) is 6.24. The summed E-state index contributed by atoms with van der Waals surface area (Å²) in [5, 5.41) is 6.44. The molecule has 2 N–H and O–H groups in total. The van der Waals surface area contributed by atoms with E-state index in [2.05, 4.69) is 22.5 Å². The lowest BCUT2D eigenvalue weighted by Crippen LogP contribution is -2.53. The van der Waals surface area contributed by atoms with Gasteiger partial charge in [-0.25, -0.2) is 4.39 Å². The molecule has 31 heavy (non-hydrogen) atoms. The van der Waals surface area contributed by atoms with Crippen molar-refractivity contribution in [3.63, 3.8) is 0 Å². The van der Waals surface area contributed by atoms with E-state index < -0.39 is 0 Å². The molecule has 2 aliphatic rings. The van der Waals surface area contributed by atoms with Gasteiger partial charge in [0.15, 0.2) is 0 Å². The predicted octanol–water partition coefficient (Wildman–Crippen LogP) is 3.00. The maximum absolute atomic E-state index is 13.4. The van der Waals surface area contributed by atoms with Crippen LogP contribution in [0.5, 0.6) is 0 Å². The van der Waals surface area contributed by atoms with Crippen LogP contribution in [0.1, 0.15) is 43.0 Å². The number of hydrogen-bond donors (Lipinski definition) is 2. The van der Waals surface area contributed by atoms with Gasteiger partial charge >= 0.3 is 0 Å². The number of carbonyl (C=O) groups is 2. The van der Waals surface area contributed by atoms with Crippen LogP contribution in [0.15, 0.2) is 42.6 Å². The molecule has 1 atom stereocenters. The lowest BCUT2D eigenvalue weighted by molar-refractivity contribution is -0.137. The summed E-state index contributed by atoms with van der Waals surface area (Å²) in [5.74, 6) is -0.161. The van der Waals surface area contributed by atoms with Crippen molar-refractivity contribution in [1.29, 1.82) is 0 Å². The van der Waals surface area contributed by atoms with Crippen LogP contribution in [0.3, 0.4) is 0 Å². The number of benzene rings is 1. The van der Waals surface area contributed by atoms with Crippen molar-refractivity contribution >= 4 is 11.8 Å². The van der Waals surface area contributed by atoms with E-state index in [1.165, 1.54) is 18.3 Å². The zero-order chi connectivity index (χ0) is 21.8. The molecule has 1 aromatic carbocycles. The molecule has 2 heterocycles. The second-order valence-electron chi connectivity index (χ2n) is 8.60. The number of nitrogens with one attached hydrogen (secondary N) is 2. The fourth-order valence-corrected chi connectivity index (χ4v) is 4.49. The quantitative estimate of drug-likeness (QED) is 0.791. The monoisotopic (exact) mass is 424 g/mol. The van der Waals surface area contributed by atoms with Crippen molar-refractivity contribution in [3.05, 3.63) is 54.0 Å². The second kappa shape index (κ2) is 9.56. The highest BCUT2D eigenvalue weighted by atomic mass is 19.1. The highest BCUT2D eigenvalue weighted by Gasteiger charge is 2.31. The van der Waals surface area contributed by atoms with Gasteiger partial charge in [0.25, 0.3) is 5.91 Å². The van der Waals surface area contributed by atoms with Crippen LogP contribution in [0.25, 0.3) is 11.3 Å². The van der Waals surface area contributed by atoms with Gasteiger partial charge in [0.2, 0.25) is 5.91 Å². The molecule has 1 aliphatic heterocycles. The minimum atomic E-state index is -0.318. The highest BCUT2D eigenvalue weighted by molar-refractivity contribution is 5.94. The van der Waals surface area contributed by atoms with Crippen LogP contribution >= 0.6 is 0 Å². The highest BCUT2D eigenvalue weighted by Crippen LogP contribution is 2.27. The SMILES string of the molecule is C[C@H]1CN(C(=O)C2CCC(NC(=O)c3ccc(-c4cccc(F)c4)nc3)CC2)CCN1. The van der Waals surface area contributed by atoms with Gasteiger partial charge < -0.3 is 15.5 Å². The van der Waals surface area contributed by atoms with Gasteiger partial charge in [-0.2, -0.15) is 0 Å². The number of pyridine rings is 1. The standard InChI is InChI=1S/C24H29FN4O2/c1-16-15-29(12-11-26-16)24(31)17-5-8-21(9-6-17)28-23(30)19-7-10-22(27-14-19)18-3-2-4-20(25)13-18/h2-4,7,10,13-14,16-17,21,26H,5-6,8-9,11-12,15H2,1H3,(H,28,30)/t16-,17?,21?/m0/s1. The molecule has 1 aromatic heterocycles. The van der Waals surface area contributed by atoms with E-state index in [-0.39, 0.29) is 29.6 Å². The van der Waals surface area contributed by atoms with E-state index in [4.69, 9.17) is 0 Å². The van der Waals surface area contributed by atoms with E-state index in [1.807, 2.05) is 4.90 Å². The van der Waals surface area contributed by atoms with Gasteiger partial charge in [0.05, 0.1) is 11.3 Å². The third kappa shape index (κ3) is 5.28. The van der Waals surface area contributed by atoms with Gasteiger partial charge in [-0.15, -0.1) is 0 Å². The number of amides is 2. The van der Waals surface area contributed by atoms with Crippen LogP contribution in [-0.4, -0.2) is 53.4 Å². The average Bonchev–Trinajstić information content (AvgIpc) is 2.79. The number of rotatable bonds is 4. The van der Waals surface area contributed by atoms with Crippen LogP contribution in [0.4, 0.5) is 4.39 Å². The Morgan fingerprint density at radius 3 is 2.65 bits per heavy atom. The number of hydrogen-bond acceptors (Lipinski definition) is 4. The first-order chi connectivity index (χ1) is 15.0. The Morgan fingerprint density at radius 2 is 1.97 bits per heavy atom. The number of aromatic nitrogens is 1. The summed E-state index contributed by atoms with van der Waals surface area (Å²) in [6.07, 6.45) is 4.74. The minimum absolute atomic E-state index is 0.0608. The topological polar surface area (TPSA) is 74.3 Å². The number of nitrogens with zero attached hydrogens (tertiary/aromatic N) is 2. The Bertz CT molecular complexity index is 925. The van der Waals surface area contributed by atoms with Crippen molar-refractivity contribution in [2.75, 3.05) is 19.6 Å². The summed E-state index contributed by atoms with van der Waals surface area (Å²) in [4.78, 5) is 31.7. The number of piperazine rings is 1. The fourth-order valence-electron chi connectivity index (χ4n) is 4.49. The zero-order valence-corrected chi connectivity index (χ0v) is 17.8. The molecule has 2 aromatic rings. The number of carbonyl (C=O) groups excluding carboxylic acids is 2. The summed E-state index contributed by atoms with van der Waals surface area (Å²) in [7, 11) is 0. The Kier molecular flexibility index (Phi) is 6.61. The summed E-state index contributed by atoms with van der Waals surface area (Å²) in [6.45, 7) is 4.50. The van der Waals surface area contributed by atoms with Gasteiger partial charge in [0, 0.05) is 49.4 Å². The largest absolute Gasteiger partial charge is 0.349 e. The molecule has 1 saturated heterocycles. The molecular weight excluding hydrogens is 395 g/mol. The summed E-state index contributed by atoms with van der Waals surface area (Å²) < 4.78 is 13.4. The van der Waals surface area contributed by atoms with Crippen molar-refractivity contribution in [3.8, 4) is 11.3 Å². The van der Waals surface area contributed by atoms with Crippen LogP contribution in [0, 0.1) is 11.7 Å². The van der Waals surface area contributed by atoms with Crippen LogP contribution in [0.2, 0.25) is 0 Å². The molecule has 0 radical (unpaired) electrons. The summed E-state index contributed by atoms with van der Waals surface area (Å²) in [5.41, 5.74) is 1.78. The molecule has 0 bridgehead atoms. The molecule has 1 saturated carbocycles. The molecule has 6 nitrogen and oxygen atoms in total. The second-order valence-corrected chi connectivity index (χ2v) is 8.60. The molecule has 2 amide bonds. The molecule has 1 aliphatic carbocycles. The molecule has 7 heteroatoms. The van der Waals surface area contributed by atoms with Gasteiger partial charge in [-0.05, 0) is 56.9 Å². The summed E-state index contributed by atoms with van der Waals surface area (Å²) in [6, 6.07) is 10.1. The third-order valence-corrected chi connectivity index (χ3v) is 6.24. The van der Waals surface area contributed by atoms with Crippen LogP contribution in [-0.2, 0) is 4.79 Å². The van der Waals surface area contributed by atoms with Crippen LogP contribution < -0.4 is 10.6 Å². The minimum Gasteiger partial charge on any atom is -0.349 e. The zero-order valence-electron chi connectivity index (χ0n) is 17.8. The maximum Gasteiger partial charge on any atom is 0.253 e. The average molecular weight is 425 g/mol. The van der Waals surface area contributed by atoms with E-state index in [1.54, 1.807) is 24.3 Å². The lowest BCUT2D eigenvalue weighted by atomic mass is 9.85. The molecule has 164 valence electrons. The Morgan fingerprint density at radius 1 is 1.16 bits per heavy atom. The first-order valence-corrected chi connectivity index (χ1v) is 11.0. The maximum atomic E-state index is 13.4. The normalized spacial score (nSPS) is 23.9. The molecule has 0 spiro atoms. The molecule has 0 unspecified atom stereocenters.